The van der Waals surface area contributed by atoms with Gasteiger partial charge in [0.15, 0.2) is 0 Å². The summed E-state index contributed by atoms with van der Waals surface area (Å²) >= 11 is 0. The molecule has 1 saturated heterocycles. The molecule has 214 valence electrons. The summed E-state index contributed by atoms with van der Waals surface area (Å²) in [6.45, 7) is 6.28. The Kier molecular flexibility index (Phi) is 9.51. The molecule has 2 amide bonds. The van der Waals surface area contributed by atoms with Crippen molar-refractivity contribution in [3.05, 3.63) is 72.7 Å². The second-order valence-electron chi connectivity index (χ2n) is 9.32. The SMILES string of the molecule is CC#CC(=O)Nc1cc2c(Oc3ccc(C(=O)Nc4ccccn4)cn3)ccnc2cc1OCCCN1CCOCC1. The molecular weight excluding hydrogens is 536 g/mol. The maximum Gasteiger partial charge on any atom is 0.300 e. The van der Waals surface area contributed by atoms with Crippen LogP contribution in [0.5, 0.6) is 17.4 Å². The van der Waals surface area contributed by atoms with Gasteiger partial charge in [0.1, 0.15) is 17.3 Å². The molecule has 42 heavy (non-hydrogen) atoms. The molecule has 1 aromatic carbocycles. The van der Waals surface area contributed by atoms with E-state index < -0.39 is 5.91 Å². The molecule has 2 N–H and O–H groups in total. The minimum atomic E-state index is -0.456. The lowest BCUT2D eigenvalue weighted by Gasteiger charge is -2.26. The number of pyridine rings is 3. The summed E-state index contributed by atoms with van der Waals surface area (Å²) in [4.78, 5) is 40.1. The van der Waals surface area contributed by atoms with Crippen molar-refractivity contribution >= 4 is 34.2 Å². The molecule has 1 aliphatic rings. The second kappa shape index (κ2) is 14.0. The highest BCUT2D eigenvalue weighted by molar-refractivity contribution is 6.06. The second-order valence-corrected chi connectivity index (χ2v) is 9.32. The van der Waals surface area contributed by atoms with Crippen LogP contribution < -0.4 is 20.1 Å². The third-order valence-electron chi connectivity index (χ3n) is 6.39. The lowest BCUT2D eigenvalue weighted by Crippen LogP contribution is -2.37. The maximum absolute atomic E-state index is 12.5. The fourth-order valence-corrected chi connectivity index (χ4v) is 4.33. The molecule has 0 bridgehead atoms. The third-order valence-corrected chi connectivity index (χ3v) is 6.39. The number of benzene rings is 1. The molecule has 3 aromatic heterocycles. The van der Waals surface area contributed by atoms with Crippen molar-refractivity contribution in [1.29, 1.82) is 0 Å². The Bertz CT molecular complexity index is 1600. The average Bonchev–Trinajstić information content (AvgIpc) is 3.01. The standard InChI is InChI=1S/C31H30N6O5/c1-2-6-29(38)35-25-19-23-24(20-27(25)41-16-5-13-37-14-17-40-18-15-37)32-12-10-26(23)42-30-9-8-22(21-34-30)31(39)36-28-7-3-4-11-33-28/h3-4,7-12,19-21H,5,13-18H2,1H3,(H,35,38)(H,33,36,39). The summed E-state index contributed by atoms with van der Waals surface area (Å²) in [6, 6.07) is 13.7. The van der Waals surface area contributed by atoms with Crippen LogP contribution in [0.25, 0.3) is 10.9 Å². The number of carbonyl (C=O) groups is 2. The Balaban J connectivity index is 1.32. The number of hydrogen-bond donors (Lipinski definition) is 2. The van der Waals surface area contributed by atoms with Gasteiger partial charge in [0.2, 0.25) is 5.88 Å². The van der Waals surface area contributed by atoms with E-state index in [2.05, 4.69) is 42.3 Å². The number of nitrogens with zero attached hydrogens (tertiary/aromatic N) is 4. The lowest BCUT2D eigenvalue weighted by molar-refractivity contribution is -0.111. The molecule has 1 aliphatic heterocycles. The molecule has 0 atom stereocenters. The van der Waals surface area contributed by atoms with E-state index in [1.165, 1.54) is 6.20 Å². The molecule has 5 rings (SSSR count). The minimum Gasteiger partial charge on any atom is -0.491 e. The number of morpholine rings is 1. The summed E-state index contributed by atoms with van der Waals surface area (Å²) in [5.41, 5.74) is 1.42. The van der Waals surface area contributed by atoms with E-state index in [4.69, 9.17) is 14.2 Å². The summed E-state index contributed by atoms with van der Waals surface area (Å²) in [7, 11) is 0. The Morgan fingerprint density at radius 3 is 2.64 bits per heavy atom. The van der Waals surface area contributed by atoms with Crippen molar-refractivity contribution in [3.63, 3.8) is 0 Å². The smallest absolute Gasteiger partial charge is 0.300 e. The van der Waals surface area contributed by atoms with Gasteiger partial charge in [0.05, 0.1) is 36.6 Å². The van der Waals surface area contributed by atoms with Crippen LogP contribution in [0.2, 0.25) is 0 Å². The van der Waals surface area contributed by atoms with Crippen LogP contribution in [0.15, 0.2) is 67.1 Å². The zero-order valence-electron chi connectivity index (χ0n) is 23.1. The monoisotopic (exact) mass is 566 g/mol. The summed E-state index contributed by atoms with van der Waals surface area (Å²) in [5, 5.41) is 6.17. The highest BCUT2D eigenvalue weighted by Crippen LogP contribution is 2.35. The minimum absolute atomic E-state index is 0.280. The van der Waals surface area contributed by atoms with Crippen molar-refractivity contribution in [3.8, 4) is 29.2 Å². The van der Waals surface area contributed by atoms with Crippen molar-refractivity contribution in [2.75, 3.05) is 50.1 Å². The van der Waals surface area contributed by atoms with Crippen molar-refractivity contribution < 1.29 is 23.8 Å². The number of carbonyl (C=O) groups excluding carboxylic acids is 2. The van der Waals surface area contributed by atoms with E-state index in [1.807, 2.05) is 0 Å². The Hall–Kier alpha value is -5.05. The summed E-state index contributed by atoms with van der Waals surface area (Å²) < 4.78 is 17.6. The number of aromatic nitrogens is 3. The molecular formula is C31H30N6O5. The van der Waals surface area contributed by atoms with E-state index in [1.54, 1.807) is 67.8 Å². The van der Waals surface area contributed by atoms with Gasteiger partial charge in [-0.05, 0) is 49.6 Å². The van der Waals surface area contributed by atoms with Gasteiger partial charge in [-0.1, -0.05) is 12.0 Å². The first-order chi connectivity index (χ1) is 20.6. The zero-order chi connectivity index (χ0) is 29.1. The average molecular weight is 567 g/mol. The Morgan fingerprint density at radius 1 is 1.00 bits per heavy atom. The Labute approximate surface area is 243 Å². The van der Waals surface area contributed by atoms with Crippen molar-refractivity contribution in [1.82, 2.24) is 19.9 Å². The number of ether oxygens (including phenoxy) is 3. The van der Waals surface area contributed by atoms with Crippen LogP contribution in [-0.4, -0.2) is 71.1 Å². The first-order valence-corrected chi connectivity index (χ1v) is 13.5. The van der Waals surface area contributed by atoms with E-state index in [9.17, 15) is 9.59 Å². The first-order valence-electron chi connectivity index (χ1n) is 13.5. The van der Waals surface area contributed by atoms with Crippen LogP contribution in [-0.2, 0) is 9.53 Å². The van der Waals surface area contributed by atoms with E-state index in [0.717, 1.165) is 39.3 Å². The first kappa shape index (κ1) is 28.5. The predicted octanol–water partition coefficient (Wildman–Crippen LogP) is 4.13. The van der Waals surface area contributed by atoms with E-state index >= 15 is 0 Å². The molecule has 1 fully saturated rings. The van der Waals surface area contributed by atoms with Gasteiger partial charge in [-0.3, -0.25) is 19.5 Å². The molecule has 0 unspecified atom stereocenters. The fraction of sp³-hybridized carbons (Fsp3) is 0.258. The fourth-order valence-electron chi connectivity index (χ4n) is 4.33. The van der Waals surface area contributed by atoms with Gasteiger partial charge < -0.3 is 24.8 Å². The number of nitrogens with one attached hydrogen (secondary N) is 2. The largest absolute Gasteiger partial charge is 0.491 e. The van der Waals surface area contributed by atoms with Gasteiger partial charge in [-0.2, -0.15) is 0 Å². The quantitative estimate of drug-likeness (QED) is 0.215. The highest BCUT2D eigenvalue weighted by atomic mass is 16.5. The van der Waals surface area contributed by atoms with Gasteiger partial charge in [-0.25, -0.2) is 9.97 Å². The molecule has 4 aromatic rings. The van der Waals surface area contributed by atoms with Gasteiger partial charge in [-0.15, -0.1) is 0 Å². The topological polar surface area (TPSA) is 128 Å². The molecule has 0 spiro atoms. The number of fused-ring (bicyclic) bond motifs is 1. The lowest BCUT2D eigenvalue weighted by atomic mass is 10.1. The third kappa shape index (κ3) is 7.57. The van der Waals surface area contributed by atoms with Crippen LogP contribution >= 0.6 is 0 Å². The van der Waals surface area contributed by atoms with Crippen molar-refractivity contribution in [2.24, 2.45) is 0 Å². The summed E-state index contributed by atoms with van der Waals surface area (Å²) in [5.74, 6) is 5.99. The van der Waals surface area contributed by atoms with Gasteiger partial charge in [0.25, 0.3) is 11.8 Å². The van der Waals surface area contributed by atoms with E-state index in [0.29, 0.717) is 46.1 Å². The number of rotatable bonds is 10. The zero-order valence-corrected chi connectivity index (χ0v) is 23.1. The van der Waals surface area contributed by atoms with Crippen LogP contribution in [0.1, 0.15) is 23.7 Å². The van der Waals surface area contributed by atoms with Crippen LogP contribution in [0.4, 0.5) is 11.5 Å². The highest BCUT2D eigenvalue weighted by Gasteiger charge is 2.15. The van der Waals surface area contributed by atoms with Crippen molar-refractivity contribution in [2.45, 2.75) is 13.3 Å². The molecule has 0 saturated carbocycles. The number of amides is 2. The van der Waals surface area contributed by atoms with E-state index in [-0.39, 0.29) is 11.8 Å². The van der Waals surface area contributed by atoms with Gasteiger partial charge in [0, 0.05) is 55.7 Å². The maximum atomic E-state index is 12.5. The predicted molar refractivity (Wildman–Crippen MR) is 158 cm³/mol. The van der Waals surface area contributed by atoms with Gasteiger partial charge >= 0.3 is 0 Å². The molecule has 11 heteroatoms. The molecule has 11 nitrogen and oxygen atoms in total. The normalized spacial score (nSPS) is 13.1. The van der Waals surface area contributed by atoms with Crippen LogP contribution in [0.3, 0.4) is 0 Å². The number of anilines is 2. The molecule has 4 heterocycles. The molecule has 0 aliphatic carbocycles. The van der Waals surface area contributed by atoms with Crippen LogP contribution in [0, 0.1) is 11.8 Å². The molecule has 0 radical (unpaired) electrons. The number of hydrogen-bond acceptors (Lipinski definition) is 9. The Morgan fingerprint density at radius 2 is 1.88 bits per heavy atom. The summed E-state index contributed by atoms with van der Waals surface area (Å²) in [6.07, 6.45) is 5.46.